The van der Waals surface area contributed by atoms with Gasteiger partial charge in [0.05, 0.1) is 0 Å². The van der Waals surface area contributed by atoms with Gasteiger partial charge in [-0.25, -0.2) is 0 Å². The third-order valence-electron chi connectivity index (χ3n) is 6.88. The van der Waals surface area contributed by atoms with Crippen molar-refractivity contribution in [2.24, 2.45) is 0 Å². The molecule has 0 saturated carbocycles. The van der Waals surface area contributed by atoms with E-state index in [9.17, 15) is 0 Å². The van der Waals surface area contributed by atoms with Gasteiger partial charge in [-0.3, -0.25) is 0 Å². The molecule has 0 aliphatic rings. The molecule has 0 N–H and O–H groups in total. The van der Waals surface area contributed by atoms with E-state index < -0.39 is 0 Å². The molecule has 24 heavy (non-hydrogen) atoms. The van der Waals surface area contributed by atoms with E-state index in [2.05, 4.69) is 78.5 Å². The molecule has 3 aromatic carbocycles. The topological polar surface area (TPSA) is 0 Å². The van der Waals surface area contributed by atoms with Gasteiger partial charge in [0.2, 0.25) is 0 Å². The summed E-state index contributed by atoms with van der Waals surface area (Å²) in [6.07, 6.45) is 0. The fourth-order valence-corrected chi connectivity index (χ4v) is 4.75. The monoisotopic (exact) mass is 298 g/mol. The predicted molar refractivity (Wildman–Crippen MR) is 143 cm³/mol. The third kappa shape index (κ3) is 2.07. The molecule has 0 aliphatic heterocycles. The average molecular weight is 296 g/mol. The van der Waals surface area contributed by atoms with Crippen molar-refractivity contribution in [1.29, 1.82) is 0 Å². The lowest BCUT2D eigenvalue weighted by Gasteiger charge is -2.25. The summed E-state index contributed by atoms with van der Waals surface area (Å²) in [4.78, 5) is 0. The molecule has 106 valence electrons. The van der Waals surface area contributed by atoms with Crippen LogP contribution in [0.25, 0.3) is 21.5 Å². The highest BCUT2D eigenvalue weighted by atomic mass is 14.1. The number of hydrogen-bond donors (Lipinski definition) is 0. The molecule has 3 aromatic rings. The van der Waals surface area contributed by atoms with Gasteiger partial charge >= 0.3 is 0 Å². The highest BCUT2D eigenvalue weighted by molar-refractivity contribution is 6.75. The van der Waals surface area contributed by atoms with Crippen LogP contribution >= 0.6 is 0 Å². The van der Waals surface area contributed by atoms with E-state index in [0.717, 1.165) is 0 Å². The van der Waals surface area contributed by atoms with Crippen LogP contribution < -0.4 is 54.6 Å². The van der Waals surface area contributed by atoms with E-state index in [1.165, 1.54) is 76.2 Å². The number of fused-ring (bicyclic) bond motifs is 2. The van der Waals surface area contributed by atoms with E-state index in [1.807, 2.05) is 0 Å². The number of rotatable bonds is 0. The van der Waals surface area contributed by atoms with Crippen molar-refractivity contribution in [1.82, 2.24) is 0 Å². The highest BCUT2D eigenvalue weighted by Crippen LogP contribution is 2.10. The van der Waals surface area contributed by atoms with Crippen molar-refractivity contribution in [2.75, 3.05) is 0 Å². The van der Waals surface area contributed by atoms with Gasteiger partial charge in [0.25, 0.3) is 0 Å². The zero-order valence-electron chi connectivity index (χ0n) is 17.0. The largest absolute Gasteiger partial charge is 0.140 e. The lowest BCUT2D eigenvalue weighted by Crippen LogP contribution is -2.53. The molecule has 0 atom stereocenters. The van der Waals surface area contributed by atoms with Crippen molar-refractivity contribution in [2.45, 2.75) is 0 Å². The molecule has 0 amide bonds. The smallest absolute Gasteiger partial charge is 0.101 e. The maximum absolute atomic E-state index is 2.33. The van der Waals surface area contributed by atoms with Crippen LogP contribution in [0.5, 0.6) is 0 Å². The highest BCUT2D eigenvalue weighted by Gasteiger charge is 2.19. The predicted octanol–water partition coefficient (Wildman–Crippen LogP) is -13.4. The van der Waals surface area contributed by atoms with E-state index in [-0.39, 0.29) is 0 Å². The number of benzene rings is 3. The second-order valence-electron chi connectivity index (χ2n) is 7.75. The minimum atomic E-state index is 1.44. The van der Waals surface area contributed by atoms with Crippen LogP contribution in [-0.2, 0) is 0 Å². The first-order chi connectivity index (χ1) is 11.1. The van der Waals surface area contributed by atoms with E-state index >= 15 is 0 Å². The summed E-state index contributed by atoms with van der Waals surface area (Å²) in [5.74, 6) is 0. The Bertz CT molecular complexity index is 889. The second-order valence-corrected chi connectivity index (χ2v) is 7.75. The molecule has 0 radical (unpaired) electrons. The molecule has 0 unspecified atom stereocenters. The van der Waals surface area contributed by atoms with Gasteiger partial charge in [0.1, 0.15) is 78.5 Å². The molecule has 0 aromatic heterocycles. The summed E-state index contributed by atoms with van der Waals surface area (Å²) in [6.45, 7) is 0. The Morgan fingerprint density at radius 3 is 0.542 bits per heavy atom. The van der Waals surface area contributed by atoms with Gasteiger partial charge in [-0.15, -0.1) is 21.9 Å². The fraction of sp³-hybridized carbons (Fsp3) is 0. The first-order valence-electron chi connectivity index (χ1n) is 9.00. The van der Waals surface area contributed by atoms with Gasteiger partial charge in [0.15, 0.2) is 0 Å². The van der Waals surface area contributed by atoms with Crippen LogP contribution in [-0.4, -0.2) is 78.5 Å². The zero-order valence-corrected chi connectivity index (χ0v) is 17.0. The Hall–Kier alpha value is -1.17. The van der Waals surface area contributed by atoms with Gasteiger partial charge in [-0.1, -0.05) is 32.8 Å². The normalized spacial score (nSPS) is 11.3. The molecule has 0 aliphatic carbocycles. The first kappa shape index (κ1) is 17.6. The van der Waals surface area contributed by atoms with E-state index in [1.54, 1.807) is 0 Å². The third-order valence-corrected chi connectivity index (χ3v) is 6.88. The Morgan fingerprint density at radius 1 is 0.208 bits per heavy atom. The lowest BCUT2D eigenvalue weighted by atomic mass is 9.57. The molecule has 0 nitrogen and oxygen atoms in total. The van der Waals surface area contributed by atoms with Crippen molar-refractivity contribution in [3.8, 4) is 0 Å². The van der Waals surface area contributed by atoms with Crippen molar-refractivity contribution in [3.63, 3.8) is 0 Å². The average Bonchev–Trinajstić information content (AvgIpc) is 2.55. The minimum Gasteiger partial charge on any atom is -0.101 e. The van der Waals surface area contributed by atoms with Crippen molar-refractivity contribution in [3.05, 3.63) is 0 Å². The van der Waals surface area contributed by atoms with Crippen LogP contribution in [0.4, 0.5) is 0 Å². The van der Waals surface area contributed by atoms with Crippen molar-refractivity contribution < 1.29 is 0 Å². The van der Waals surface area contributed by atoms with Gasteiger partial charge < -0.3 is 0 Å². The maximum Gasteiger partial charge on any atom is 0.140 e. The van der Waals surface area contributed by atoms with Gasteiger partial charge in [-0.05, 0) is 21.5 Å². The van der Waals surface area contributed by atoms with Crippen molar-refractivity contribution >= 4 is 155 Å². The SMILES string of the molecule is Bc1c(B)c(B)c2c(B)c3c(B)c(B)c(B)c(B)c3c(B)c2c1B. The van der Waals surface area contributed by atoms with Crippen LogP contribution in [0.3, 0.4) is 0 Å². The van der Waals surface area contributed by atoms with E-state index in [4.69, 9.17) is 0 Å². The summed E-state index contributed by atoms with van der Waals surface area (Å²) in [6, 6.07) is 0. The molecule has 0 spiro atoms. The summed E-state index contributed by atoms with van der Waals surface area (Å²) < 4.78 is 0. The lowest BCUT2D eigenvalue weighted by molar-refractivity contribution is 2.06. The summed E-state index contributed by atoms with van der Waals surface area (Å²) in [5, 5.41) is 5.91. The Kier molecular flexibility index (Phi) is 4.18. The molecule has 10 heteroatoms. The summed E-state index contributed by atoms with van der Waals surface area (Å²) in [5.41, 5.74) is 14.5. The van der Waals surface area contributed by atoms with Crippen LogP contribution in [0.2, 0.25) is 0 Å². The van der Waals surface area contributed by atoms with Crippen LogP contribution in [0.1, 0.15) is 0 Å². The van der Waals surface area contributed by atoms with E-state index in [0.29, 0.717) is 0 Å². The molecule has 0 heterocycles. The number of hydrogen-bond acceptors (Lipinski definition) is 0. The Balaban J connectivity index is 2.82. The van der Waals surface area contributed by atoms with Gasteiger partial charge in [-0.2, -0.15) is 0 Å². The summed E-state index contributed by atoms with van der Waals surface area (Å²) >= 11 is 0. The van der Waals surface area contributed by atoms with Gasteiger partial charge in [0, 0.05) is 0 Å². The first-order valence-corrected chi connectivity index (χ1v) is 9.00. The standard InChI is InChI=1S/C14H20B10/c15-5-1-2(8(18)12(22)11(21)7(1)17)6(16)4-3(5)9(19)13(23)14(24)10(4)20/h15-24H2. The van der Waals surface area contributed by atoms with Crippen LogP contribution in [0.15, 0.2) is 0 Å². The Labute approximate surface area is 154 Å². The molecule has 0 fully saturated rings. The maximum atomic E-state index is 2.33. The molecule has 0 bridgehead atoms. The zero-order chi connectivity index (χ0) is 18.1. The van der Waals surface area contributed by atoms with Crippen LogP contribution in [0, 0.1) is 0 Å². The minimum absolute atomic E-state index is 1.44. The second kappa shape index (κ2) is 5.68. The quantitative estimate of drug-likeness (QED) is 0.286. The fourth-order valence-electron chi connectivity index (χ4n) is 4.75. The molecular formula is C14H20B10. The molecular weight excluding hydrogens is 276 g/mol. The molecule has 0 saturated heterocycles. The Morgan fingerprint density at radius 2 is 0.375 bits per heavy atom. The summed E-state index contributed by atoms with van der Waals surface area (Å²) in [7, 11) is 22.9. The molecule has 3 rings (SSSR count).